The molecule has 0 radical (unpaired) electrons. The molecule has 0 aliphatic carbocycles. The summed E-state index contributed by atoms with van der Waals surface area (Å²) in [6, 6.07) is 17.0. The number of hydrogen-bond donors (Lipinski definition) is 1. The molecule has 114 valence electrons. The second-order valence-electron chi connectivity index (χ2n) is 5.09. The summed E-state index contributed by atoms with van der Waals surface area (Å²) in [6.07, 6.45) is 3.25. The molecule has 2 aromatic heterocycles. The zero-order chi connectivity index (χ0) is 16.4. The fraction of sp³-hybridized carbons (Fsp3) is 0. The van der Waals surface area contributed by atoms with Gasteiger partial charge >= 0.3 is 6.01 Å². The Balaban J connectivity index is 1.62. The van der Waals surface area contributed by atoms with Crippen molar-refractivity contribution in [1.29, 1.82) is 5.26 Å². The lowest BCUT2D eigenvalue weighted by molar-refractivity contribution is 0.442. The summed E-state index contributed by atoms with van der Waals surface area (Å²) >= 11 is 0. The van der Waals surface area contributed by atoms with Crippen molar-refractivity contribution in [2.75, 3.05) is 0 Å². The van der Waals surface area contributed by atoms with Crippen LogP contribution in [0.2, 0.25) is 0 Å². The first kappa shape index (κ1) is 13.9. The molecule has 0 unspecified atom stereocenters. The van der Waals surface area contributed by atoms with Crippen molar-refractivity contribution < 1.29 is 4.74 Å². The number of nitrogens with one attached hydrogen (secondary N) is 1. The van der Waals surface area contributed by atoms with Gasteiger partial charge < -0.3 is 9.72 Å². The molecule has 2 aromatic carbocycles. The molecule has 4 rings (SSSR count). The third-order valence-corrected chi connectivity index (χ3v) is 3.49. The number of nitriles is 1. The Morgan fingerprint density at radius 1 is 1.00 bits per heavy atom. The third kappa shape index (κ3) is 2.66. The minimum Gasteiger partial charge on any atom is -0.424 e. The number of benzene rings is 2. The lowest BCUT2D eigenvalue weighted by atomic mass is 10.2. The Morgan fingerprint density at radius 3 is 2.54 bits per heavy atom. The van der Waals surface area contributed by atoms with Gasteiger partial charge in [-0.15, -0.1) is 0 Å². The van der Waals surface area contributed by atoms with E-state index in [4.69, 9.17) is 10.00 Å². The van der Waals surface area contributed by atoms with E-state index in [-0.39, 0.29) is 0 Å². The van der Waals surface area contributed by atoms with Crippen LogP contribution in [-0.4, -0.2) is 19.9 Å². The maximum Gasteiger partial charge on any atom is 0.321 e. The van der Waals surface area contributed by atoms with E-state index in [1.54, 1.807) is 30.6 Å². The highest BCUT2D eigenvalue weighted by Crippen LogP contribution is 2.24. The predicted molar refractivity (Wildman–Crippen MR) is 88.4 cm³/mol. The van der Waals surface area contributed by atoms with Gasteiger partial charge in [0.15, 0.2) is 0 Å². The van der Waals surface area contributed by atoms with Gasteiger partial charge in [-0.2, -0.15) is 5.26 Å². The van der Waals surface area contributed by atoms with Crippen LogP contribution in [0.1, 0.15) is 5.56 Å². The molecule has 24 heavy (non-hydrogen) atoms. The summed E-state index contributed by atoms with van der Waals surface area (Å²) in [7, 11) is 0. The van der Waals surface area contributed by atoms with Crippen LogP contribution in [0.4, 0.5) is 0 Å². The average molecular weight is 313 g/mol. The van der Waals surface area contributed by atoms with Crippen molar-refractivity contribution >= 4 is 11.0 Å². The van der Waals surface area contributed by atoms with Gasteiger partial charge in [-0.25, -0.2) is 15.0 Å². The number of fused-ring (bicyclic) bond motifs is 1. The Morgan fingerprint density at radius 2 is 1.79 bits per heavy atom. The molecule has 0 aliphatic heterocycles. The highest BCUT2D eigenvalue weighted by molar-refractivity contribution is 5.80. The van der Waals surface area contributed by atoms with E-state index in [1.165, 1.54) is 0 Å². The summed E-state index contributed by atoms with van der Waals surface area (Å²) in [5.74, 6) is 1.38. The number of rotatable bonds is 3. The first-order chi connectivity index (χ1) is 11.8. The molecule has 0 saturated carbocycles. The van der Waals surface area contributed by atoms with E-state index in [9.17, 15) is 0 Å². The molecule has 1 N–H and O–H groups in total. The molecule has 0 fully saturated rings. The Labute approximate surface area is 137 Å². The van der Waals surface area contributed by atoms with E-state index in [0.717, 1.165) is 22.4 Å². The Hall–Kier alpha value is -3.72. The lowest BCUT2D eigenvalue weighted by Crippen LogP contribution is -1.90. The molecule has 4 aromatic rings. The quantitative estimate of drug-likeness (QED) is 0.623. The van der Waals surface area contributed by atoms with Crippen LogP contribution >= 0.6 is 0 Å². The van der Waals surface area contributed by atoms with Gasteiger partial charge in [0.25, 0.3) is 0 Å². The number of ether oxygens (including phenoxy) is 1. The van der Waals surface area contributed by atoms with Gasteiger partial charge in [-0.05, 0) is 48.5 Å². The minimum atomic E-state index is 0.304. The molecular formula is C18H11N5O. The van der Waals surface area contributed by atoms with Gasteiger partial charge in [0.2, 0.25) is 0 Å². The van der Waals surface area contributed by atoms with Gasteiger partial charge in [-0.1, -0.05) is 0 Å². The number of imidazole rings is 1. The van der Waals surface area contributed by atoms with Crippen molar-refractivity contribution in [2.45, 2.75) is 0 Å². The molecule has 0 atom stereocenters. The van der Waals surface area contributed by atoms with Gasteiger partial charge in [0, 0.05) is 18.0 Å². The zero-order valence-corrected chi connectivity index (χ0v) is 12.5. The summed E-state index contributed by atoms with van der Waals surface area (Å²) in [5.41, 5.74) is 3.18. The number of nitrogens with zero attached hydrogens (tertiary/aromatic N) is 4. The maximum absolute atomic E-state index is 8.96. The van der Waals surface area contributed by atoms with E-state index >= 15 is 0 Å². The summed E-state index contributed by atoms with van der Waals surface area (Å²) in [4.78, 5) is 15.8. The average Bonchev–Trinajstić information content (AvgIpc) is 3.06. The van der Waals surface area contributed by atoms with Crippen molar-refractivity contribution in [3.63, 3.8) is 0 Å². The largest absolute Gasteiger partial charge is 0.424 e. The molecule has 0 aliphatic rings. The molecule has 0 saturated heterocycles. The molecule has 0 amide bonds. The zero-order valence-electron chi connectivity index (χ0n) is 12.5. The standard InChI is InChI=1S/C18H11N5O/c19-11-12-2-7-15-16(10-12)23-17(22-15)13-3-5-14(6-4-13)24-18-20-8-1-9-21-18/h1-10H,(H,22,23). The van der Waals surface area contributed by atoms with Crippen molar-refractivity contribution in [3.8, 4) is 29.2 Å². The minimum absolute atomic E-state index is 0.304. The molecule has 2 heterocycles. The molecular weight excluding hydrogens is 302 g/mol. The number of aromatic amines is 1. The second-order valence-corrected chi connectivity index (χ2v) is 5.09. The van der Waals surface area contributed by atoms with Crippen LogP contribution in [0.5, 0.6) is 11.8 Å². The van der Waals surface area contributed by atoms with Crippen molar-refractivity contribution in [3.05, 3.63) is 66.5 Å². The molecule has 0 spiro atoms. The van der Waals surface area contributed by atoms with Gasteiger partial charge in [0.1, 0.15) is 11.6 Å². The molecule has 0 bridgehead atoms. The van der Waals surface area contributed by atoms with Crippen LogP contribution < -0.4 is 4.74 Å². The first-order valence-electron chi connectivity index (χ1n) is 7.27. The molecule has 6 nitrogen and oxygen atoms in total. The maximum atomic E-state index is 8.96. The highest BCUT2D eigenvalue weighted by atomic mass is 16.5. The second kappa shape index (κ2) is 5.82. The van der Waals surface area contributed by atoms with Crippen LogP contribution in [0.25, 0.3) is 22.4 Å². The summed E-state index contributed by atoms with van der Waals surface area (Å²) < 4.78 is 5.57. The Kier molecular flexibility index (Phi) is 3.37. The van der Waals surface area contributed by atoms with Crippen LogP contribution in [-0.2, 0) is 0 Å². The summed E-state index contributed by atoms with van der Waals surface area (Å²) in [6.45, 7) is 0. The molecule has 6 heteroatoms. The van der Waals surface area contributed by atoms with E-state index in [2.05, 4.69) is 26.0 Å². The lowest BCUT2D eigenvalue weighted by Gasteiger charge is -2.03. The van der Waals surface area contributed by atoms with Crippen molar-refractivity contribution in [1.82, 2.24) is 19.9 Å². The fourth-order valence-corrected chi connectivity index (χ4v) is 2.34. The van der Waals surface area contributed by atoms with Crippen LogP contribution in [0.15, 0.2) is 60.9 Å². The topological polar surface area (TPSA) is 87.5 Å². The smallest absolute Gasteiger partial charge is 0.321 e. The van der Waals surface area contributed by atoms with Gasteiger partial charge in [-0.3, -0.25) is 0 Å². The van der Waals surface area contributed by atoms with E-state index in [1.807, 2.05) is 30.3 Å². The first-order valence-corrected chi connectivity index (χ1v) is 7.27. The monoisotopic (exact) mass is 313 g/mol. The third-order valence-electron chi connectivity index (χ3n) is 3.49. The highest BCUT2D eigenvalue weighted by Gasteiger charge is 2.07. The van der Waals surface area contributed by atoms with Gasteiger partial charge in [0.05, 0.1) is 22.7 Å². The normalized spacial score (nSPS) is 10.5. The summed E-state index contributed by atoms with van der Waals surface area (Å²) in [5, 5.41) is 8.96. The van der Waals surface area contributed by atoms with Crippen LogP contribution in [0.3, 0.4) is 0 Å². The van der Waals surface area contributed by atoms with E-state index in [0.29, 0.717) is 17.3 Å². The Bertz CT molecular complexity index is 1030. The number of H-pyrrole nitrogens is 1. The predicted octanol–water partition coefficient (Wildman–Crippen LogP) is 3.68. The van der Waals surface area contributed by atoms with Crippen LogP contribution in [0, 0.1) is 11.3 Å². The number of aromatic nitrogens is 4. The fourth-order valence-electron chi connectivity index (χ4n) is 2.34. The SMILES string of the molecule is N#Cc1ccc2nc(-c3ccc(Oc4ncccn4)cc3)[nH]c2c1. The number of hydrogen-bond acceptors (Lipinski definition) is 5. The van der Waals surface area contributed by atoms with Crippen molar-refractivity contribution in [2.24, 2.45) is 0 Å². The van der Waals surface area contributed by atoms with E-state index < -0.39 is 0 Å².